The summed E-state index contributed by atoms with van der Waals surface area (Å²) in [5.41, 5.74) is -0.592. The first kappa shape index (κ1) is 17.4. The predicted molar refractivity (Wildman–Crippen MR) is 70.6 cm³/mol. The van der Waals surface area contributed by atoms with Gasteiger partial charge in [-0.2, -0.15) is 0 Å². The van der Waals surface area contributed by atoms with E-state index in [4.69, 9.17) is 14.2 Å². The number of rotatable bonds is 11. The van der Waals surface area contributed by atoms with Gasteiger partial charge in [0.25, 0.3) is 0 Å². The molecule has 1 N–H and O–H groups in total. The number of hydrogen-bond donors (Lipinski definition) is 1. The first-order chi connectivity index (χ1) is 8.60. The Kier molecular flexibility index (Phi) is 9.92. The van der Waals surface area contributed by atoms with Gasteiger partial charge in [0.05, 0.1) is 7.11 Å². The summed E-state index contributed by atoms with van der Waals surface area (Å²) in [6.45, 7) is 4.05. The second kappa shape index (κ2) is 10.3. The first-order valence-corrected chi connectivity index (χ1v) is 6.44. The van der Waals surface area contributed by atoms with E-state index in [2.05, 4.69) is 5.32 Å². The predicted octanol–water partition coefficient (Wildman–Crippen LogP) is 1.36. The first-order valence-electron chi connectivity index (χ1n) is 6.44. The number of likely N-dealkylation sites (N-methyl/N-ethyl adjacent to an activating group) is 1. The van der Waals surface area contributed by atoms with Crippen molar-refractivity contribution in [1.82, 2.24) is 5.32 Å². The van der Waals surface area contributed by atoms with Crippen molar-refractivity contribution in [2.45, 2.75) is 38.1 Å². The summed E-state index contributed by atoms with van der Waals surface area (Å²) >= 11 is 0. The molecule has 0 aromatic heterocycles. The minimum Gasteiger partial charge on any atom is -0.468 e. The van der Waals surface area contributed by atoms with Gasteiger partial charge in [0, 0.05) is 26.9 Å². The summed E-state index contributed by atoms with van der Waals surface area (Å²) in [5.74, 6) is -0.217. The number of nitrogens with one attached hydrogen (secondary N) is 1. The Hall–Kier alpha value is -0.650. The lowest BCUT2D eigenvalue weighted by atomic mass is 9.95. The van der Waals surface area contributed by atoms with Crippen molar-refractivity contribution >= 4 is 5.97 Å². The zero-order valence-corrected chi connectivity index (χ0v) is 12.1. The number of carbonyl (C=O) groups is 1. The maximum absolute atomic E-state index is 11.6. The van der Waals surface area contributed by atoms with Crippen molar-refractivity contribution in [1.29, 1.82) is 0 Å². The molecule has 1 unspecified atom stereocenters. The molecule has 1 atom stereocenters. The number of unbranched alkanes of at least 4 members (excludes halogenated alkanes) is 1. The average molecular weight is 261 g/mol. The molecule has 0 aliphatic rings. The molecule has 0 saturated heterocycles. The van der Waals surface area contributed by atoms with Gasteiger partial charge in [-0.15, -0.1) is 0 Å². The van der Waals surface area contributed by atoms with Crippen molar-refractivity contribution in [3.05, 3.63) is 0 Å². The van der Waals surface area contributed by atoms with Crippen LogP contribution < -0.4 is 5.32 Å². The highest BCUT2D eigenvalue weighted by Gasteiger charge is 2.31. The van der Waals surface area contributed by atoms with Crippen LogP contribution in [0, 0.1) is 0 Å². The van der Waals surface area contributed by atoms with Gasteiger partial charge >= 0.3 is 5.97 Å². The number of carbonyl (C=O) groups excluding carboxylic acids is 1. The minimum absolute atomic E-state index is 0.217. The number of esters is 1. The molecular weight excluding hydrogens is 234 g/mol. The highest BCUT2D eigenvalue weighted by atomic mass is 16.5. The van der Waals surface area contributed by atoms with Crippen molar-refractivity contribution < 1.29 is 19.0 Å². The van der Waals surface area contributed by atoms with Crippen LogP contribution >= 0.6 is 0 Å². The van der Waals surface area contributed by atoms with E-state index in [1.54, 1.807) is 14.2 Å². The smallest absolute Gasteiger partial charge is 0.325 e. The Labute approximate surface area is 110 Å². The standard InChI is InChI=1S/C13H27NO4/c1-13(14-2,12(15)17-4)8-5-6-10-18-11-7-9-16-3/h14H,5-11H2,1-4H3. The van der Waals surface area contributed by atoms with Crippen molar-refractivity contribution in [3.63, 3.8) is 0 Å². The Morgan fingerprint density at radius 1 is 1.11 bits per heavy atom. The molecule has 0 spiro atoms. The second-order valence-corrected chi connectivity index (χ2v) is 4.49. The average Bonchev–Trinajstić information content (AvgIpc) is 2.40. The third kappa shape index (κ3) is 6.93. The Morgan fingerprint density at radius 2 is 1.78 bits per heavy atom. The second-order valence-electron chi connectivity index (χ2n) is 4.49. The molecule has 5 nitrogen and oxygen atoms in total. The van der Waals surface area contributed by atoms with Crippen LogP contribution in [-0.4, -0.2) is 52.6 Å². The molecule has 0 rings (SSSR count). The summed E-state index contributed by atoms with van der Waals surface area (Å²) < 4.78 is 15.2. The van der Waals surface area contributed by atoms with E-state index < -0.39 is 5.54 Å². The molecule has 0 aromatic rings. The monoisotopic (exact) mass is 261 g/mol. The van der Waals surface area contributed by atoms with E-state index in [0.29, 0.717) is 0 Å². The van der Waals surface area contributed by atoms with Crippen LogP contribution in [0.5, 0.6) is 0 Å². The fraction of sp³-hybridized carbons (Fsp3) is 0.923. The van der Waals surface area contributed by atoms with E-state index in [1.165, 1.54) is 7.11 Å². The highest BCUT2D eigenvalue weighted by Crippen LogP contribution is 2.15. The molecule has 0 aromatic carbocycles. The molecular formula is C13H27NO4. The topological polar surface area (TPSA) is 56.8 Å². The SMILES string of the molecule is CNC(C)(CCCCOCCCOC)C(=O)OC. The minimum atomic E-state index is -0.592. The molecule has 0 aliphatic heterocycles. The maximum atomic E-state index is 11.6. The summed E-state index contributed by atoms with van der Waals surface area (Å²) in [5, 5.41) is 3.02. The molecule has 0 bridgehead atoms. The van der Waals surface area contributed by atoms with Gasteiger partial charge in [0.2, 0.25) is 0 Å². The van der Waals surface area contributed by atoms with Gasteiger partial charge in [0.15, 0.2) is 0 Å². The third-order valence-electron chi connectivity index (χ3n) is 3.04. The Bertz CT molecular complexity index is 223. The molecule has 0 aliphatic carbocycles. The fourth-order valence-electron chi connectivity index (χ4n) is 1.64. The van der Waals surface area contributed by atoms with Crippen LogP contribution in [0.3, 0.4) is 0 Å². The molecule has 108 valence electrons. The number of hydrogen-bond acceptors (Lipinski definition) is 5. The van der Waals surface area contributed by atoms with Crippen LogP contribution in [0.25, 0.3) is 0 Å². The largest absolute Gasteiger partial charge is 0.468 e. The lowest BCUT2D eigenvalue weighted by Gasteiger charge is -2.25. The quantitative estimate of drug-likeness (QED) is 0.449. The Morgan fingerprint density at radius 3 is 2.33 bits per heavy atom. The molecule has 0 saturated carbocycles. The zero-order valence-electron chi connectivity index (χ0n) is 12.1. The van der Waals surface area contributed by atoms with Crippen LogP contribution in [0.15, 0.2) is 0 Å². The maximum Gasteiger partial charge on any atom is 0.325 e. The van der Waals surface area contributed by atoms with Gasteiger partial charge in [0.1, 0.15) is 5.54 Å². The molecule has 18 heavy (non-hydrogen) atoms. The van der Waals surface area contributed by atoms with Crippen LogP contribution in [0.1, 0.15) is 32.6 Å². The normalized spacial score (nSPS) is 14.2. The van der Waals surface area contributed by atoms with Crippen LogP contribution in [0.2, 0.25) is 0 Å². The van der Waals surface area contributed by atoms with Gasteiger partial charge in [-0.05, 0) is 39.7 Å². The molecule has 0 fully saturated rings. The summed E-state index contributed by atoms with van der Waals surface area (Å²) in [6.07, 6.45) is 3.54. The Balaban J connectivity index is 3.60. The van der Waals surface area contributed by atoms with E-state index >= 15 is 0 Å². The molecule has 5 heteroatoms. The van der Waals surface area contributed by atoms with Crippen molar-refractivity contribution in [2.75, 3.05) is 41.1 Å². The molecule has 0 heterocycles. The third-order valence-corrected chi connectivity index (χ3v) is 3.04. The molecule has 0 radical (unpaired) electrons. The number of methoxy groups -OCH3 is 2. The van der Waals surface area contributed by atoms with E-state index in [-0.39, 0.29) is 5.97 Å². The van der Waals surface area contributed by atoms with Crippen LogP contribution in [0.4, 0.5) is 0 Å². The van der Waals surface area contributed by atoms with Crippen molar-refractivity contribution in [3.8, 4) is 0 Å². The fourth-order valence-corrected chi connectivity index (χ4v) is 1.64. The van der Waals surface area contributed by atoms with Gasteiger partial charge < -0.3 is 19.5 Å². The summed E-state index contributed by atoms with van der Waals surface area (Å²) in [4.78, 5) is 11.6. The lowest BCUT2D eigenvalue weighted by molar-refractivity contribution is -0.148. The van der Waals surface area contributed by atoms with E-state index in [9.17, 15) is 4.79 Å². The van der Waals surface area contributed by atoms with Gasteiger partial charge in [-0.3, -0.25) is 4.79 Å². The van der Waals surface area contributed by atoms with Gasteiger partial charge in [-0.1, -0.05) is 0 Å². The zero-order chi connectivity index (χ0) is 13.9. The van der Waals surface area contributed by atoms with E-state index in [0.717, 1.165) is 45.5 Å². The van der Waals surface area contributed by atoms with Crippen LogP contribution in [-0.2, 0) is 19.0 Å². The summed E-state index contributed by atoms with van der Waals surface area (Å²) in [7, 11) is 4.88. The lowest BCUT2D eigenvalue weighted by Crippen LogP contribution is -2.48. The van der Waals surface area contributed by atoms with E-state index in [1.807, 2.05) is 6.92 Å². The highest BCUT2D eigenvalue weighted by molar-refractivity contribution is 5.80. The molecule has 0 amide bonds. The van der Waals surface area contributed by atoms with Gasteiger partial charge in [-0.25, -0.2) is 0 Å². The summed E-state index contributed by atoms with van der Waals surface area (Å²) in [6, 6.07) is 0. The van der Waals surface area contributed by atoms with Crippen molar-refractivity contribution in [2.24, 2.45) is 0 Å². The number of ether oxygens (including phenoxy) is 3.